The van der Waals surface area contributed by atoms with E-state index in [1.165, 1.54) is 18.4 Å². The highest BCUT2D eigenvalue weighted by Crippen LogP contribution is 2.38. The lowest BCUT2D eigenvalue weighted by Gasteiger charge is -2.17. The van der Waals surface area contributed by atoms with Crippen LogP contribution in [0.25, 0.3) is 11.1 Å². The smallest absolute Gasteiger partial charge is 0.341 e. The predicted octanol–water partition coefficient (Wildman–Crippen LogP) is 4.24. The number of thiophene rings is 1. The van der Waals surface area contributed by atoms with Crippen LogP contribution in [-0.2, 0) is 23.1 Å². The molecule has 0 radical (unpaired) electrons. The van der Waals surface area contributed by atoms with E-state index < -0.39 is 5.97 Å². The van der Waals surface area contributed by atoms with Gasteiger partial charge in [0.1, 0.15) is 10.6 Å². The Morgan fingerprint density at radius 3 is 2.53 bits per heavy atom. The maximum Gasteiger partial charge on any atom is 0.341 e. The quantitative estimate of drug-likeness (QED) is 0.541. The molecule has 0 atom stereocenters. The van der Waals surface area contributed by atoms with Crippen LogP contribution >= 0.6 is 11.3 Å². The van der Waals surface area contributed by atoms with E-state index in [0.29, 0.717) is 17.1 Å². The molecule has 0 saturated heterocycles. The molecule has 32 heavy (non-hydrogen) atoms. The van der Waals surface area contributed by atoms with Crippen LogP contribution in [0.1, 0.15) is 38.4 Å². The van der Waals surface area contributed by atoms with Crippen LogP contribution in [0.2, 0.25) is 0 Å². The summed E-state index contributed by atoms with van der Waals surface area (Å²) >= 11 is 1.33. The normalized spacial score (nSPS) is 11.1. The maximum absolute atomic E-state index is 12.8. The van der Waals surface area contributed by atoms with Crippen molar-refractivity contribution in [2.75, 3.05) is 26.0 Å². The molecule has 8 heteroatoms. The number of carbonyl (C=O) groups excluding carboxylic acids is 2. The first-order chi connectivity index (χ1) is 15.1. The SMILES string of the molecule is COC(=O)c1c(-c2cc(C)ccc2C)csc1NC(=O)CN(C)Cc1c(C)nn(C)c1C. The van der Waals surface area contributed by atoms with Gasteiger partial charge in [0.05, 0.1) is 19.3 Å². The van der Waals surface area contributed by atoms with E-state index in [0.717, 1.165) is 39.2 Å². The number of esters is 1. The number of aromatic nitrogens is 2. The first-order valence-corrected chi connectivity index (χ1v) is 11.2. The van der Waals surface area contributed by atoms with Crippen molar-refractivity contribution in [1.29, 1.82) is 0 Å². The molecule has 0 aliphatic rings. The van der Waals surface area contributed by atoms with Crippen molar-refractivity contribution in [3.05, 3.63) is 57.2 Å². The number of ether oxygens (including phenoxy) is 1. The molecule has 1 amide bonds. The molecular weight excluding hydrogens is 424 g/mol. The summed E-state index contributed by atoms with van der Waals surface area (Å²) in [5.41, 5.74) is 7.43. The minimum atomic E-state index is -0.465. The molecule has 2 aromatic heterocycles. The molecule has 0 fully saturated rings. The van der Waals surface area contributed by atoms with Crippen LogP contribution in [0.15, 0.2) is 23.6 Å². The van der Waals surface area contributed by atoms with E-state index in [2.05, 4.69) is 10.4 Å². The zero-order valence-corrected chi connectivity index (χ0v) is 20.5. The summed E-state index contributed by atoms with van der Waals surface area (Å²) in [4.78, 5) is 27.4. The van der Waals surface area contributed by atoms with Crippen LogP contribution in [-0.4, -0.2) is 47.3 Å². The number of amides is 1. The Balaban J connectivity index is 1.81. The first kappa shape index (κ1) is 23.7. The van der Waals surface area contributed by atoms with Gasteiger partial charge < -0.3 is 10.1 Å². The van der Waals surface area contributed by atoms with Gasteiger partial charge in [0.2, 0.25) is 5.91 Å². The van der Waals surface area contributed by atoms with Crippen LogP contribution < -0.4 is 5.32 Å². The molecule has 0 aliphatic heterocycles. The zero-order chi connectivity index (χ0) is 23.6. The lowest BCUT2D eigenvalue weighted by atomic mass is 9.97. The van der Waals surface area contributed by atoms with Crippen molar-refractivity contribution in [1.82, 2.24) is 14.7 Å². The highest BCUT2D eigenvalue weighted by Gasteiger charge is 2.24. The molecule has 3 aromatic rings. The van der Waals surface area contributed by atoms with Crippen LogP contribution in [0.3, 0.4) is 0 Å². The summed E-state index contributed by atoms with van der Waals surface area (Å²) in [6.45, 7) is 8.80. The third-order valence-corrected chi connectivity index (χ3v) is 6.51. The summed E-state index contributed by atoms with van der Waals surface area (Å²) in [5, 5.41) is 9.75. The molecule has 3 rings (SSSR count). The lowest BCUT2D eigenvalue weighted by Crippen LogP contribution is -2.30. The van der Waals surface area contributed by atoms with Crippen molar-refractivity contribution < 1.29 is 14.3 Å². The second-order valence-corrected chi connectivity index (χ2v) is 9.04. The number of hydrogen-bond donors (Lipinski definition) is 1. The number of hydrogen-bond acceptors (Lipinski definition) is 6. The number of methoxy groups -OCH3 is 1. The third kappa shape index (κ3) is 4.92. The lowest BCUT2D eigenvalue weighted by molar-refractivity contribution is -0.117. The predicted molar refractivity (Wildman–Crippen MR) is 128 cm³/mol. The Morgan fingerprint density at radius 2 is 1.91 bits per heavy atom. The summed E-state index contributed by atoms with van der Waals surface area (Å²) in [5.74, 6) is -0.654. The number of benzene rings is 1. The first-order valence-electron chi connectivity index (χ1n) is 10.4. The summed E-state index contributed by atoms with van der Waals surface area (Å²) in [6, 6.07) is 6.11. The molecular formula is C24H30N4O3S. The van der Waals surface area contributed by atoms with Crippen molar-refractivity contribution >= 4 is 28.2 Å². The molecule has 1 aromatic carbocycles. The van der Waals surface area contributed by atoms with Gasteiger partial charge in [0.15, 0.2) is 0 Å². The molecule has 7 nitrogen and oxygen atoms in total. The number of nitrogens with zero attached hydrogens (tertiary/aromatic N) is 3. The Hall–Kier alpha value is -2.97. The summed E-state index contributed by atoms with van der Waals surface area (Å²) < 4.78 is 6.88. The molecule has 0 unspecified atom stereocenters. The van der Waals surface area contributed by atoms with Crippen molar-refractivity contribution in [2.45, 2.75) is 34.2 Å². The monoisotopic (exact) mass is 454 g/mol. The Morgan fingerprint density at radius 1 is 1.19 bits per heavy atom. The van der Waals surface area contributed by atoms with Crippen LogP contribution in [0.5, 0.6) is 0 Å². The number of nitrogens with one attached hydrogen (secondary N) is 1. The van der Waals surface area contributed by atoms with Crippen LogP contribution in [0, 0.1) is 27.7 Å². The average molecular weight is 455 g/mol. The van der Waals surface area contributed by atoms with Gasteiger partial charge in [0.25, 0.3) is 0 Å². The van der Waals surface area contributed by atoms with E-state index in [9.17, 15) is 9.59 Å². The van der Waals surface area contributed by atoms with Gasteiger partial charge in [0, 0.05) is 35.8 Å². The number of carbonyl (C=O) groups is 2. The number of rotatable bonds is 7. The highest BCUT2D eigenvalue weighted by atomic mass is 32.1. The van der Waals surface area contributed by atoms with Gasteiger partial charge in [-0.3, -0.25) is 14.4 Å². The minimum Gasteiger partial charge on any atom is -0.465 e. The number of anilines is 1. The van der Waals surface area contributed by atoms with Crippen molar-refractivity contribution in [3.63, 3.8) is 0 Å². The van der Waals surface area contributed by atoms with E-state index in [1.807, 2.05) is 75.0 Å². The Kier molecular flexibility index (Phi) is 7.16. The highest BCUT2D eigenvalue weighted by molar-refractivity contribution is 7.15. The maximum atomic E-state index is 12.8. The second kappa shape index (κ2) is 9.67. The number of aryl methyl sites for hydroxylation is 4. The molecule has 0 spiro atoms. The van der Waals surface area contributed by atoms with Gasteiger partial charge >= 0.3 is 5.97 Å². The third-order valence-electron chi connectivity index (χ3n) is 5.62. The van der Waals surface area contributed by atoms with Crippen LogP contribution in [0.4, 0.5) is 5.00 Å². The molecule has 170 valence electrons. The summed E-state index contributed by atoms with van der Waals surface area (Å²) in [7, 11) is 5.16. The topological polar surface area (TPSA) is 76.5 Å². The fraction of sp³-hybridized carbons (Fsp3) is 0.375. The Bertz CT molecular complexity index is 1160. The molecule has 1 N–H and O–H groups in total. The zero-order valence-electron chi connectivity index (χ0n) is 19.7. The van der Waals surface area contributed by atoms with Crippen molar-refractivity contribution in [3.8, 4) is 11.1 Å². The van der Waals surface area contributed by atoms with E-state index in [4.69, 9.17) is 4.74 Å². The van der Waals surface area contributed by atoms with Gasteiger partial charge in [-0.1, -0.05) is 23.8 Å². The Labute approximate surface area is 193 Å². The van der Waals surface area contributed by atoms with E-state index in [1.54, 1.807) is 0 Å². The largest absolute Gasteiger partial charge is 0.465 e. The van der Waals surface area contributed by atoms with E-state index >= 15 is 0 Å². The minimum absolute atomic E-state index is 0.186. The standard InChI is InChI=1S/C24H30N4O3S/c1-14-8-9-15(2)18(10-14)20-13-32-23(22(20)24(30)31-7)25-21(29)12-27(5)11-19-16(3)26-28(6)17(19)4/h8-10,13H,11-12H2,1-7H3,(H,25,29). The van der Waals surface area contributed by atoms with Gasteiger partial charge in [-0.2, -0.15) is 5.10 Å². The molecule has 2 heterocycles. The van der Waals surface area contributed by atoms with E-state index in [-0.39, 0.29) is 12.5 Å². The van der Waals surface area contributed by atoms with Gasteiger partial charge in [-0.05, 0) is 45.9 Å². The molecule has 0 bridgehead atoms. The summed E-state index contributed by atoms with van der Waals surface area (Å²) in [6.07, 6.45) is 0. The molecule has 0 saturated carbocycles. The van der Waals surface area contributed by atoms with Gasteiger partial charge in [-0.15, -0.1) is 11.3 Å². The fourth-order valence-electron chi connectivity index (χ4n) is 3.76. The average Bonchev–Trinajstić information content (AvgIpc) is 3.24. The van der Waals surface area contributed by atoms with Crippen molar-refractivity contribution in [2.24, 2.45) is 7.05 Å². The molecule has 0 aliphatic carbocycles. The second-order valence-electron chi connectivity index (χ2n) is 8.16. The van der Waals surface area contributed by atoms with Gasteiger partial charge in [-0.25, -0.2) is 4.79 Å². The fourth-order valence-corrected chi connectivity index (χ4v) is 4.73. The number of likely N-dealkylation sites (N-methyl/N-ethyl adjacent to an activating group) is 1.